The molecule has 1 amide bonds. The Balaban J connectivity index is 1.86. The summed E-state index contributed by atoms with van der Waals surface area (Å²) in [5.41, 5.74) is 1.98. The second-order valence-electron chi connectivity index (χ2n) is 5.38. The van der Waals surface area contributed by atoms with Gasteiger partial charge in [0.25, 0.3) is 5.91 Å². The Hall–Kier alpha value is -3.14. The lowest BCUT2D eigenvalue weighted by Crippen LogP contribution is -2.17. The molecule has 0 radical (unpaired) electrons. The molecule has 120 valence electrons. The van der Waals surface area contributed by atoms with Crippen LogP contribution in [0.2, 0.25) is 0 Å². The van der Waals surface area contributed by atoms with E-state index in [1.165, 1.54) is 0 Å². The number of amides is 1. The number of benzene rings is 3. The van der Waals surface area contributed by atoms with Crippen LogP contribution in [-0.4, -0.2) is 19.2 Å². The van der Waals surface area contributed by atoms with Gasteiger partial charge in [0.05, 0.1) is 5.56 Å². The number of fused-ring (bicyclic) bond motifs is 1. The van der Waals surface area contributed by atoms with Crippen LogP contribution in [-0.2, 0) is 6.61 Å². The van der Waals surface area contributed by atoms with Crippen LogP contribution >= 0.6 is 0 Å². The number of ether oxygens (including phenoxy) is 1. The predicted molar refractivity (Wildman–Crippen MR) is 93.5 cm³/mol. The third-order valence-electron chi connectivity index (χ3n) is 3.86. The van der Waals surface area contributed by atoms with Crippen molar-refractivity contribution in [3.63, 3.8) is 0 Å². The molecule has 0 unspecified atom stereocenters. The lowest BCUT2D eigenvalue weighted by molar-refractivity contribution is 0.0962. The highest BCUT2D eigenvalue weighted by Crippen LogP contribution is 2.27. The Labute approximate surface area is 140 Å². The largest absolute Gasteiger partial charge is 0.488 e. The minimum Gasteiger partial charge on any atom is -0.488 e. The van der Waals surface area contributed by atoms with Crippen molar-refractivity contribution in [2.24, 2.45) is 0 Å². The van der Waals surface area contributed by atoms with Crippen molar-refractivity contribution in [3.05, 3.63) is 77.4 Å². The highest BCUT2D eigenvalue weighted by Gasteiger charge is 2.09. The monoisotopic (exact) mass is 319 g/mol. The van der Waals surface area contributed by atoms with Gasteiger partial charge in [0.2, 0.25) is 0 Å². The smallest absolute Gasteiger partial charge is 0.251 e. The van der Waals surface area contributed by atoms with Gasteiger partial charge in [-0.25, -0.2) is 0 Å². The van der Waals surface area contributed by atoms with Gasteiger partial charge >= 0.3 is 0 Å². The zero-order chi connectivity index (χ0) is 16.9. The molecular weight excluding hydrogens is 302 g/mol. The quantitative estimate of drug-likeness (QED) is 0.731. The van der Waals surface area contributed by atoms with E-state index in [1.54, 1.807) is 25.2 Å². The van der Waals surface area contributed by atoms with Crippen LogP contribution in [0.5, 0.6) is 5.75 Å². The van der Waals surface area contributed by atoms with E-state index in [1.807, 2.05) is 42.5 Å². The van der Waals surface area contributed by atoms with Crippen molar-refractivity contribution >= 4 is 23.0 Å². The van der Waals surface area contributed by atoms with Gasteiger partial charge < -0.3 is 10.1 Å². The van der Waals surface area contributed by atoms with Crippen molar-refractivity contribution in [3.8, 4) is 5.75 Å². The molecule has 3 aromatic carbocycles. The van der Waals surface area contributed by atoms with Crippen molar-refractivity contribution < 1.29 is 14.3 Å². The summed E-state index contributed by atoms with van der Waals surface area (Å²) >= 11 is 0. The summed E-state index contributed by atoms with van der Waals surface area (Å²) in [6.07, 6.45) is 0.818. The second kappa shape index (κ2) is 6.96. The molecule has 0 heterocycles. The summed E-state index contributed by atoms with van der Waals surface area (Å²) in [6, 6.07) is 18.6. The maximum absolute atomic E-state index is 11.7. The number of nitrogens with one attached hydrogen (secondary N) is 1. The van der Waals surface area contributed by atoms with Crippen molar-refractivity contribution in [2.45, 2.75) is 6.61 Å². The number of aldehydes is 1. The number of rotatable bonds is 5. The normalized spacial score (nSPS) is 10.4. The van der Waals surface area contributed by atoms with Gasteiger partial charge in [0.15, 0.2) is 6.29 Å². The standard InChI is InChI=1S/C20H17NO3/c1-21-20(23)16-7-4-5-14(11-16)13-24-19-10-9-15-6-2-3-8-17(15)18(19)12-22/h2-12H,13H2,1H3,(H,21,23). The maximum atomic E-state index is 11.7. The van der Waals surface area contributed by atoms with Crippen LogP contribution in [0.25, 0.3) is 10.8 Å². The van der Waals surface area contributed by atoms with Crippen molar-refractivity contribution in [1.82, 2.24) is 5.32 Å². The Morgan fingerprint density at radius 2 is 1.92 bits per heavy atom. The molecule has 0 aliphatic carbocycles. The summed E-state index contributed by atoms with van der Waals surface area (Å²) in [4.78, 5) is 23.2. The minimum atomic E-state index is -0.142. The molecular formula is C20H17NO3. The van der Waals surface area contributed by atoms with E-state index in [0.717, 1.165) is 22.6 Å². The molecule has 4 heteroatoms. The fourth-order valence-corrected chi connectivity index (χ4v) is 2.63. The van der Waals surface area contributed by atoms with Crippen LogP contribution in [0.4, 0.5) is 0 Å². The van der Waals surface area contributed by atoms with E-state index in [4.69, 9.17) is 4.74 Å². The highest BCUT2D eigenvalue weighted by atomic mass is 16.5. The average molecular weight is 319 g/mol. The van der Waals surface area contributed by atoms with Gasteiger partial charge in [-0.05, 0) is 34.5 Å². The zero-order valence-corrected chi connectivity index (χ0v) is 13.3. The molecule has 0 atom stereocenters. The number of hydrogen-bond donors (Lipinski definition) is 1. The van der Waals surface area contributed by atoms with Gasteiger partial charge in [-0.1, -0.05) is 42.5 Å². The van der Waals surface area contributed by atoms with Crippen LogP contribution in [0.15, 0.2) is 60.7 Å². The summed E-state index contributed by atoms with van der Waals surface area (Å²) in [7, 11) is 1.59. The summed E-state index contributed by atoms with van der Waals surface area (Å²) in [5, 5.41) is 4.45. The molecule has 0 saturated heterocycles. The third-order valence-corrected chi connectivity index (χ3v) is 3.86. The number of carbonyl (C=O) groups is 2. The van der Waals surface area contributed by atoms with Gasteiger partial charge in [0, 0.05) is 12.6 Å². The third kappa shape index (κ3) is 3.13. The maximum Gasteiger partial charge on any atom is 0.251 e. The molecule has 3 aromatic rings. The average Bonchev–Trinajstić information content (AvgIpc) is 2.65. The molecule has 0 aliphatic rings. The first-order valence-electron chi connectivity index (χ1n) is 7.63. The summed E-state index contributed by atoms with van der Waals surface area (Å²) in [5.74, 6) is 0.394. The Morgan fingerprint density at radius 1 is 1.08 bits per heavy atom. The Morgan fingerprint density at radius 3 is 2.71 bits per heavy atom. The van der Waals surface area contributed by atoms with Crippen LogP contribution in [0.3, 0.4) is 0 Å². The highest BCUT2D eigenvalue weighted by molar-refractivity contribution is 6.00. The van der Waals surface area contributed by atoms with Gasteiger partial charge in [-0.15, -0.1) is 0 Å². The Bertz CT molecular complexity index is 902. The van der Waals surface area contributed by atoms with Crippen molar-refractivity contribution in [1.29, 1.82) is 0 Å². The van der Waals surface area contributed by atoms with E-state index < -0.39 is 0 Å². The fraction of sp³-hybridized carbons (Fsp3) is 0.100. The first kappa shape index (κ1) is 15.7. The zero-order valence-electron chi connectivity index (χ0n) is 13.3. The summed E-state index contributed by atoms with van der Waals surface area (Å²) in [6.45, 7) is 0.282. The first-order valence-corrected chi connectivity index (χ1v) is 7.63. The number of hydrogen-bond acceptors (Lipinski definition) is 3. The molecule has 0 aliphatic heterocycles. The lowest BCUT2D eigenvalue weighted by atomic mass is 10.0. The van der Waals surface area contributed by atoms with E-state index in [9.17, 15) is 9.59 Å². The molecule has 3 rings (SSSR count). The van der Waals surface area contributed by atoms with Crippen LogP contribution in [0.1, 0.15) is 26.3 Å². The van der Waals surface area contributed by atoms with Gasteiger partial charge in [-0.2, -0.15) is 0 Å². The molecule has 4 nitrogen and oxygen atoms in total. The summed E-state index contributed by atoms with van der Waals surface area (Å²) < 4.78 is 5.83. The first-order chi connectivity index (χ1) is 11.7. The molecule has 0 aromatic heterocycles. The molecule has 0 fully saturated rings. The van der Waals surface area contributed by atoms with E-state index in [2.05, 4.69) is 5.32 Å². The topological polar surface area (TPSA) is 55.4 Å². The van der Waals surface area contributed by atoms with E-state index in [-0.39, 0.29) is 12.5 Å². The van der Waals surface area contributed by atoms with E-state index >= 15 is 0 Å². The SMILES string of the molecule is CNC(=O)c1cccc(COc2ccc3ccccc3c2C=O)c1. The molecule has 0 saturated carbocycles. The predicted octanol–water partition coefficient (Wildman–Crippen LogP) is 3.59. The minimum absolute atomic E-state index is 0.142. The molecule has 0 bridgehead atoms. The van der Waals surface area contributed by atoms with E-state index in [0.29, 0.717) is 16.9 Å². The molecule has 24 heavy (non-hydrogen) atoms. The van der Waals surface area contributed by atoms with Gasteiger partial charge in [0.1, 0.15) is 12.4 Å². The lowest BCUT2D eigenvalue weighted by Gasteiger charge is -2.11. The second-order valence-corrected chi connectivity index (χ2v) is 5.38. The molecule has 0 spiro atoms. The van der Waals surface area contributed by atoms with Crippen molar-refractivity contribution in [2.75, 3.05) is 7.05 Å². The number of carbonyl (C=O) groups excluding carboxylic acids is 2. The van der Waals surface area contributed by atoms with Crippen LogP contribution < -0.4 is 10.1 Å². The fourth-order valence-electron chi connectivity index (χ4n) is 2.63. The Kier molecular flexibility index (Phi) is 4.57. The van der Waals surface area contributed by atoms with Gasteiger partial charge in [-0.3, -0.25) is 9.59 Å². The van der Waals surface area contributed by atoms with Crippen LogP contribution in [0, 0.1) is 0 Å². The molecule has 1 N–H and O–H groups in total.